The first-order valence-electron chi connectivity index (χ1n) is 36.1. The SMILES string of the molecule is CCCCCC1(c2ccc(-c3cccc(-c4ccc(C5(CCCCC)OCC(C)(C)CO5)cc4)c3-c3ccc(-c4c(-c5ccc(C6(CCCCC)OCC(C)(C)CO6)cc5)cccc4-c4ccc(C5(CCCCC)OCC(C)(C)CO5)cc4)cc3)cc2)OCC(C)(C)CO1. The molecule has 0 saturated carbocycles. The number of benzene rings is 7. The summed E-state index contributed by atoms with van der Waals surface area (Å²) >= 11 is 0. The Labute approximate surface area is 565 Å². The summed E-state index contributed by atoms with van der Waals surface area (Å²) in [5.41, 5.74) is 17.7. The maximum atomic E-state index is 6.80. The van der Waals surface area contributed by atoms with Gasteiger partial charge in [0.2, 0.25) is 0 Å². The fourth-order valence-corrected chi connectivity index (χ4v) is 14.2. The zero-order valence-corrected chi connectivity index (χ0v) is 59.2. The molecule has 8 heteroatoms. The van der Waals surface area contributed by atoms with Gasteiger partial charge in [-0.15, -0.1) is 0 Å². The number of hydrogen-bond donors (Lipinski definition) is 0. The lowest BCUT2D eigenvalue weighted by molar-refractivity contribution is -0.311. The smallest absolute Gasteiger partial charge is 0.194 e. The van der Waals surface area contributed by atoms with Gasteiger partial charge in [-0.2, -0.15) is 0 Å². The van der Waals surface area contributed by atoms with E-state index in [0.717, 1.165) is 192 Å². The maximum absolute atomic E-state index is 6.80. The molecule has 0 aliphatic carbocycles. The molecule has 4 fully saturated rings. The molecule has 0 amide bonds. The van der Waals surface area contributed by atoms with Crippen molar-refractivity contribution in [2.45, 2.75) is 209 Å². The number of hydrogen-bond acceptors (Lipinski definition) is 8. The van der Waals surface area contributed by atoms with Crippen molar-refractivity contribution in [1.29, 1.82) is 0 Å². The normalized spacial score (nSPS) is 20.0. The molecule has 0 atom stereocenters. The van der Waals surface area contributed by atoms with Crippen LogP contribution in [0.2, 0.25) is 0 Å². The lowest BCUT2D eigenvalue weighted by atomic mass is 9.84. The van der Waals surface area contributed by atoms with Crippen molar-refractivity contribution in [2.75, 3.05) is 52.9 Å². The molecule has 502 valence electrons. The molecule has 94 heavy (non-hydrogen) atoms. The molecule has 4 aliphatic rings. The molecule has 4 heterocycles. The standard InChI is InChI=1S/C86H110O8/c1-13-17-21-51-83(87-55-79(5,6)56-88-83)69-43-35-63(36-44-69)73-27-25-28-74(64-37-45-70(46-38-64)84(52-22-18-14-2)89-57-80(7,8)58-90-84)77(73)67-31-33-68(34-32-67)78-75(65-39-47-71(48-40-65)85(53-23-19-15-3)91-59-81(9,10)60-92-85)29-26-30-76(78)66-41-49-72(50-42-66)86(54-24-20-16-4)93-61-82(11,12)62-94-86/h25-50H,13-24,51-62H2,1-12H3. The van der Waals surface area contributed by atoms with E-state index in [0.29, 0.717) is 52.9 Å². The summed E-state index contributed by atoms with van der Waals surface area (Å²) in [6.45, 7) is 32.0. The number of rotatable bonds is 26. The molecule has 0 unspecified atom stereocenters. The van der Waals surface area contributed by atoms with Crippen LogP contribution in [0.5, 0.6) is 0 Å². The van der Waals surface area contributed by atoms with Crippen LogP contribution in [0.1, 0.15) is 208 Å². The second-order valence-electron chi connectivity index (χ2n) is 31.1. The quantitative estimate of drug-likeness (QED) is 0.0497. The Kier molecular flexibility index (Phi) is 21.8. The molecule has 0 bridgehead atoms. The fourth-order valence-electron chi connectivity index (χ4n) is 14.2. The molecular weight excluding hydrogens is 1160 g/mol. The van der Waals surface area contributed by atoms with Crippen LogP contribution in [0.4, 0.5) is 0 Å². The zero-order chi connectivity index (χ0) is 66.2. The minimum absolute atomic E-state index is 0.0503. The molecule has 4 aliphatic heterocycles. The highest BCUT2D eigenvalue weighted by molar-refractivity contribution is 5.98. The van der Waals surface area contributed by atoms with Crippen molar-refractivity contribution in [3.8, 4) is 66.8 Å². The molecular formula is C86H110O8. The van der Waals surface area contributed by atoms with Gasteiger partial charge >= 0.3 is 0 Å². The van der Waals surface area contributed by atoms with Gasteiger partial charge in [0.05, 0.1) is 52.9 Å². The average Bonchev–Trinajstić information content (AvgIpc) is 0.776. The van der Waals surface area contributed by atoms with Gasteiger partial charge in [-0.3, -0.25) is 0 Å². The predicted molar refractivity (Wildman–Crippen MR) is 385 cm³/mol. The number of unbranched alkanes of at least 4 members (excludes halogenated alkanes) is 8. The van der Waals surface area contributed by atoms with E-state index < -0.39 is 23.1 Å². The van der Waals surface area contributed by atoms with E-state index in [-0.39, 0.29) is 21.7 Å². The Morgan fingerprint density at radius 3 is 0.596 bits per heavy atom. The molecule has 0 N–H and O–H groups in total. The van der Waals surface area contributed by atoms with Gasteiger partial charge in [-0.1, -0.05) is 292 Å². The highest BCUT2D eigenvalue weighted by atomic mass is 16.7. The predicted octanol–water partition coefficient (Wildman–Crippen LogP) is 22.9. The van der Waals surface area contributed by atoms with E-state index >= 15 is 0 Å². The first-order valence-corrected chi connectivity index (χ1v) is 36.1. The van der Waals surface area contributed by atoms with Crippen molar-refractivity contribution < 1.29 is 37.9 Å². The zero-order valence-electron chi connectivity index (χ0n) is 59.2. The van der Waals surface area contributed by atoms with Crippen LogP contribution in [-0.4, -0.2) is 52.9 Å². The second-order valence-corrected chi connectivity index (χ2v) is 31.1. The summed E-state index contributed by atoms with van der Waals surface area (Å²) < 4.78 is 54.4. The average molecular weight is 1270 g/mol. The van der Waals surface area contributed by atoms with Crippen LogP contribution in [0.15, 0.2) is 158 Å². The summed E-state index contributed by atoms with van der Waals surface area (Å²) in [4.78, 5) is 0. The van der Waals surface area contributed by atoms with Gasteiger partial charge in [-0.25, -0.2) is 0 Å². The van der Waals surface area contributed by atoms with Crippen LogP contribution in [0.3, 0.4) is 0 Å². The Bertz CT molecular complexity index is 3090. The summed E-state index contributed by atoms with van der Waals surface area (Å²) in [7, 11) is 0. The van der Waals surface area contributed by atoms with Gasteiger partial charge < -0.3 is 37.9 Å². The van der Waals surface area contributed by atoms with Crippen LogP contribution in [0, 0.1) is 21.7 Å². The van der Waals surface area contributed by atoms with Crippen molar-refractivity contribution in [2.24, 2.45) is 21.7 Å². The summed E-state index contributed by atoms with van der Waals surface area (Å²) in [6.07, 6.45) is 16.5. The van der Waals surface area contributed by atoms with E-state index in [9.17, 15) is 0 Å². The van der Waals surface area contributed by atoms with Crippen molar-refractivity contribution in [3.63, 3.8) is 0 Å². The molecule has 7 aromatic carbocycles. The third-order valence-electron chi connectivity index (χ3n) is 20.1. The van der Waals surface area contributed by atoms with Gasteiger partial charge in [-0.05, 0) is 92.4 Å². The summed E-state index contributed by atoms with van der Waals surface area (Å²) in [6, 6.07) is 59.2. The maximum Gasteiger partial charge on any atom is 0.194 e. The molecule has 0 aromatic heterocycles. The topological polar surface area (TPSA) is 73.8 Å². The first kappa shape index (κ1) is 69.6. The van der Waals surface area contributed by atoms with Crippen LogP contribution in [-0.2, 0) is 61.0 Å². The highest BCUT2D eigenvalue weighted by Gasteiger charge is 2.46. The Hall–Kier alpha value is -5.78. The van der Waals surface area contributed by atoms with Gasteiger partial charge in [0, 0.05) is 69.6 Å². The van der Waals surface area contributed by atoms with E-state index in [1.54, 1.807) is 0 Å². The monoisotopic (exact) mass is 1270 g/mol. The highest BCUT2D eigenvalue weighted by Crippen LogP contribution is 2.50. The van der Waals surface area contributed by atoms with E-state index in [4.69, 9.17) is 37.9 Å². The molecule has 4 saturated heterocycles. The summed E-state index contributed by atoms with van der Waals surface area (Å²) in [5.74, 6) is -3.12. The molecule has 7 aromatic rings. The Balaban J connectivity index is 1.03. The number of ether oxygens (including phenoxy) is 8. The lowest BCUT2D eigenvalue weighted by Gasteiger charge is -2.44. The second kappa shape index (κ2) is 29.5. The van der Waals surface area contributed by atoms with E-state index in [2.05, 4.69) is 241 Å². The third-order valence-corrected chi connectivity index (χ3v) is 20.1. The third kappa shape index (κ3) is 15.6. The first-order chi connectivity index (χ1) is 45.2. The van der Waals surface area contributed by atoms with Crippen molar-refractivity contribution in [1.82, 2.24) is 0 Å². The van der Waals surface area contributed by atoms with Crippen molar-refractivity contribution in [3.05, 3.63) is 180 Å². The van der Waals surface area contributed by atoms with E-state index in [1.165, 1.54) is 0 Å². The Morgan fingerprint density at radius 2 is 0.415 bits per heavy atom. The lowest BCUT2D eigenvalue weighted by Crippen LogP contribution is -2.45. The van der Waals surface area contributed by atoms with Crippen LogP contribution < -0.4 is 0 Å². The van der Waals surface area contributed by atoms with Gasteiger partial charge in [0.1, 0.15) is 0 Å². The Morgan fingerprint density at radius 1 is 0.234 bits per heavy atom. The molecule has 0 radical (unpaired) electrons. The van der Waals surface area contributed by atoms with Gasteiger partial charge in [0.15, 0.2) is 23.1 Å². The van der Waals surface area contributed by atoms with Gasteiger partial charge in [0.25, 0.3) is 0 Å². The molecule has 11 rings (SSSR count). The van der Waals surface area contributed by atoms with E-state index in [1.807, 2.05) is 0 Å². The van der Waals surface area contributed by atoms with Crippen LogP contribution in [0.25, 0.3) is 66.8 Å². The minimum atomic E-state index is -0.779. The fraction of sp³-hybridized carbons (Fsp3) is 0.512. The van der Waals surface area contributed by atoms with Crippen molar-refractivity contribution >= 4 is 0 Å². The molecule has 8 nitrogen and oxygen atoms in total. The van der Waals surface area contributed by atoms with Crippen LogP contribution >= 0.6 is 0 Å². The molecule has 0 spiro atoms. The largest absolute Gasteiger partial charge is 0.345 e. The minimum Gasteiger partial charge on any atom is -0.345 e. The summed E-state index contributed by atoms with van der Waals surface area (Å²) in [5, 5.41) is 0.